The molecule has 0 fully saturated rings. The molecule has 146 valence electrons. The van der Waals surface area contributed by atoms with E-state index in [-0.39, 0.29) is 5.41 Å². The van der Waals surface area contributed by atoms with Crippen molar-refractivity contribution in [2.75, 3.05) is 0 Å². The highest BCUT2D eigenvalue weighted by atomic mass is 15.0. The van der Waals surface area contributed by atoms with Gasteiger partial charge in [-0.1, -0.05) is 58.9 Å². The minimum atomic E-state index is 0.169. The highest BCUT2D eigenvalue weighted by Crippen LogP contribution is 2.26. The highest BCUT2D eigenvalue weighted by molar-refractivity contribution is 5.84. The van der Waals surface area contributed by atoms with Gasteiger partial charge in [0.2, 0.25) is 0 Å². The molecule has 2 nitrogen and oxygen atoms in total. The van der Waals surface area contributed by atoms with Crippen LogP contribution in [0, 0.1) is 13.8 Å². The van der Waals surface area contributed by atoms with Gasteiger partial charge in [-0.3, -0.25) is 4.99 Å². The summed E-state index contributed by atoms with van der Waals surface area (Å²) in [5.41, 5.74) is 8.64. The number of aryl methyl sites for hydroxylation is 1. The van der Waals surface area contributed by atoms with E-state index >= 15 is 0 Å². The molecular formula is C26H32N2. The summed E-state index contributed by atoms with van der Waals surface area (Å²) < 4.78 is 2.30. The van der Waals surface area contributed by atoms with Crippen LogP contribution >= 0.6 is 0 Å². The maximum Gasteiger partial charge on any atom is 0.0630 e. The van der Waals surface area contributed by atoms with Gasteiger partial charge >= 0.3 is 0 Å². The Morgan fingerprint density at radius 1 is 0.893 bits per heavy atom. The van der Waals surface area contributed by atoms with Gasteiger partial charge in [-0.2, -0.15) is 0 Å². The summed E-state index contributed by atoms with van der Waals surface area (Å²) in [6.45, 7) is 15.5. The number of hydrogen-bond acceptors (Lipinski definition) is 1. The zero-order valence-electron chi connectivity index (χ0n) is 18.2. The van der Waals surface area contributed by atoms with Gasteiger partial charge in [0.25, 0.3) is 0 Å². The smallest absolute Gasteiger partial charge is 0.0630 e. The second-order valence-corrected chi connectivity index (χ2v) is 8.96. The van der Waals surface area contributed by atoms with E-state index < -0.39 is 0 Å². The van der Waals surface area contributed by atoms with Crippen LogP contribution in [-0.4, -0.2) is 10.8 Å². The lowest BCUT2D eigenvalue weighted by Gasteiger charge is -2.20. The van der Waals surface area contributed by atoms with Crippen LogP contribution in [0.25, 0.3) is 5.69 Å². The molecule has 0 atom stereocenters. The molecule has 0 spiro atoms. The normalized spacial score (nSPS) is 12.3. The van der Waals surface area contributed by atoms with Crippen LogP contribution in [0.2, 0.25) is 0 Å². The van der Waals surface area contributed by atoms with Crippen molar-refractivity contribution in [3.05, 3.63) is 82.7 Å². The molecule has 1 aromatic heterocycles. The minimum absolute atomic E-state index is 0.169. The van der Waals surface area contributed by atoms with Crippen LogP contribution in [0.3, 0.4) is 0 Å². The van der Waals surface area contributed by atoms with Crippen molar-refractivity contribution in [2.45, 2.75) is 59.8 Å². The van der Waals surface area contributed by atoms with E-state index in [9.17, 15) is 0 Å². The topological polar surface area (TPSA) is 17.3 Å². The van der Waals surface area contributed by atoms with Crippen molar-refractivity contribution >= 4 is 11.9 Å². The summed E-state index contributed by atoms with van der Waals surface area (Å²) in [4.78, 5) is 4.69. The van der Waals surface area contributed by atoms with Crippen LogP contribution < -0.4 is 0 Å². The number of hydrogen-bond donors (Lipinski definition) is 0. The summed E-state index contributed by atoms with van der Waals surface area (Å²) in [5, 5.41) is 0. The Hall–Kier alpha value is -2.61. The minimum Gasteiger partial charge on any atom is -0.318 e. The molecule has 1 heterocycles. The monoisotopic (exact) mass is 372 g/mol. The third-order valence-corrected chi connectivity index (χ3v) is 5.37. The number of rotatable bonds is 4. The maximum absolute atomic E-state index is 4.69. The molecule has 0 aliphatic carbocycles. The van der Waals surface area contributed by atoms with Crippen LogP contribution in [0.1, 0.15) is 68.6 Å². The SMILES string of the molecule is Cc1cc(C=Nc2ccc(C(C)C)cc2)c(C)n1-c1ccc(C(C)(C)C)cc1. The summed E-state index contributed by atoms with van der Waals surface area (Å²) in [6, 6.07) is 19.6. The molecule has 0 bridgehead atoms. The lowest BCUT2D eigenvalue weighted by atomic mass is 9.87. The molecule has 0 saturated heterocycles. The van der Waals surface area contributed by atoms with E-state index in [2.05, 4.69) is 108 Å². The number of aromatic nitrogens is 1. The average molecular weight is 373 g/mol. The Kier molecular flexibility index (Phi) is 5.60. The molecule has 0 N–H and O–H groups in total. The van der Waals surface area contributed by atoms with Gasteiger partial charge in [-0.15, -0.1) is 0 Å². The van der Waals surface area contributed by atoms with E-state index in [1.54, 1.807) is 0 Å². The first kappa shape index (κ1) is 20.1. The summed E-state index contributed by atoms with van der Waals surface area (Å²) in [6.07, 6.45) is 1.98. The highest BCUT2D eigenvalue weighted by Gasteiger charge is 2.14. The summed E-state index contributed by atoms with van der Waals surface area (Å²) in [5.74, 6) is 0.543. The van der Waals surface area contributed by atoms with E-state index in [0.717, 1.165) is 11.3 Å². The molecule has 0 aliphatic heterocycles. The van der Waals surface area contributed by atoms with Crippen molar-refractivity contribution in [3.8, 4) is 5.69 Å². The molecule has 0 saturated carbocycles. The lowest BCUT2D eigenvalue weighted by molar-refractivity contribution is 0.590. The summed E-state index contributed by atoms with van der Waals surface area (Å²) >= 11 is 0. The first-order valence-electron chi connectivity index (χ1n) is 10.1. The van der Waals surface area contributed by atoms with E-state index in [4.69, 9.17) is 4.99 Å². The number of benzene rings is 2. The molecule has 28 heavy (non-hydrogen) atoms. The molecule has 0 amide bonds. The fraction of sp³-hybridized carbons (Fsp3) is 0.346. The Bertz CT molecular complexity index is 963. The van der Waals surface area contributed by atoms with Gasteiger partial charge in [-0.25, -0.2) is 0 Å². The second-order valence-electron chi connectivity index (χ2n) is 8.96. The predicted molar refractivity (Wildman–Crippen MR) is 122 cm³/mol. The lowest BCUT2D eigenvalue weighted by Crippen LogP contribution is -2.11. The molecule has 2 heteroatoms. The quantitative estimate of drug-likeness (QED) is 0.429. The fourth-order valence-corrected chi connectivity index (χ4v) is 3.52. The zero-order chi connectivity index (χ0) is 20.5. The summed E-state index contributed by atoms with van der Waals surface area (Å²) in [7, 11) is 0. The molecule has 0 unspecified atom stereocenters. The predicted octanol–water partition coefficient (Wildman–Crippen LogP) is 7.27. The van der Waals surface area contributed by atoms with Crippen molar-refractivity contribution in [1.29, 1.82) is 0 Å². The Labute approximate surface area is 170 Å². The van der Waals surface area contributed by atoms with Gasteiger partial charge in [-0.05, 0) is 66.6 Å². The van der Waals surface area contributed by atoms with Gasteiger partial charge in [0.15, 0.2) is 0 Å². The van der Waals surface area contributed by atoms with E-state index in [0.29, 0.717) is 5.92 Å². The van der Waals surface area contributed by atoms with Crippen LogP contribution in [-0.2, 0) is 5.41 Å². The maximum atomic E-state index is 4.69. The molecule has 0 aliphatic rings. The second kappa shape index (κ2) is 7.79. The Balaban J connectivity index is 1.87. The van der Waals surface area contributed by atoms with Crippen molar-refractivity contribution in [2.24, 2.45) is 4.99 Å². The largest absolute Gasteiger partial charge is 0.318 e. The van der Waals surface area contributed by atoms with Gasteiger partial charge in [0.05, 0.1) is 5.69 Å². The molecule has 3 rings (SSSR count). The first-order valence-corrected chi connectivity index (χ1v) is 10.1. The number of nitrogens with zero attached hydrogens (tertiary/aromatic N) is 2. The Morgan fingerprint density at radius 3 is 2.04 bits per heavy atom. The molecule has 0 radical (unpaired) electrons. The molecule has 3 aromatic rings. The van der Waals surface area contributed by atoms with Gasteiger partial charge in [0.1, 0.15) is 0 Å². The fourth-order valence-electron chi connectivity index (χ4n) is 3.52. The van der Waals surface area contributed by atoms with Gasteiger partial charge < -0.3 is 4.57 Å². The van der Waals surface area contributed by atoms with E-state index in [1.807, 2.05) is 6.21 Å². The molecule has 2 aromatic carbocycles. The van der Waals surface area contributed by atoms with Crippen LogP contribution in [0.15, 0.2) is 59.6 Å². The Morgan fingerprint density at radius 2 is 1.50 bits per heavy atom. The number of aliphatic imine (C=N–C) groups is 1. The zero-order valence-corrected chi connectivity index (χ0v) is 18.2. The van der Waals surface area contributed by atoms with Crippen LogP contribution in [0.4, 0.5) is 5.69 Å². The first-order chi connectivity index (χ1) is 13.2. The standard InChI is InChI=1S/C26H32N2/c1-18(2)21-8-12-24(13-9-21)27-17-22-16-19(3)28(20(22)4)25-14-10-23(11-15-25)26(5,6)7/h8-18H,1-7H3. The van der Waals surface area contributed by atoms with Crippen molar-refractivity contribution in [1.82, 2.24) is 4.57 Å². The van der Waals surface area contributed by atoms with Gasteiger partial charge in [0, 0.05) is 28.9 Å². The third kappa shape index (κ3) is 4.27. The average Bonchev–Trinajstić information content (AvgIpc) is 2.93. The molecular weight excluding hydrogens is 340 g/mol. The third-order valence-electron chi connectivity index (χ3n) is 5.37. The van der Waals surface area contributed by atoms with Crippen molar-refractivity contribution in [3.63, 3.8) is 0 Å². The van der Waals surface area contributed by atoms with E-state index in [1.165, 1.54) is 28.2 Å². The van der Waals surface area contributed by atoms with Crippen LogP contribution in [0.5, 0.6) is 0 Å². The van der Waals surface area contributed by atoms with Crippen molar-refractivity contribution < 1.29 is 0 Å².